The molecule has 1 unspecified atom stereocenters. The van der Waals surface area contributed by atoms with Crippen LogP contribution in [0.1, 0.15) is 36.6 Å². The summed E-state index contributed by atoms with van der Waals surface area (Å²) in [6.07, 6.45) is -0.483. The van der Waals surface area contributed by atoms with E-state index in [1.54, 1.807) is 7.11 Å². The molecule has 0 aliphatic carbocycles. The zero-order chi connectivity index (χ0) is 15.2. The molecule has 0 fully saturated rings. The number of benzene rings is 2. The average Bonchev–Trinajstić information content (AvgIpc) is 2.48. The highest BCUT2D eigenvalue weighted by Crippen LogP contribution is 2.24. The van der Waals surface area contributed by atoms with E-state index in [1.165, 1.54) is 0 Å². The molecule has 0 spiro atoms. The number of methoxy groups -OCH3 is 1. The third kappa shape index (κ3) is 4.31. The van der Waals surface area contributed by atoms with Crippen molar-refractivity contribution in [2.24, 2.45) is 0 Å². The molecule has 0 aromatic heterocycles. The van der Waals surface area contributed by atoms with Crippen molar-refractivity contribution < 1.29 is 14.6 Å². The summed E-state index contributed by atoms with van der Waals surface area (Å²) in [7, 11) is 1.67. The van der Waals surface area contributed by atoms with E-state index in [1.807, 2.05) is 62.4 Å². The van der Waals surface area contributed by atoms with Crippen LogP contribution in [-0.4, -0.2) is 18.3 Å². The van der Waals surface area contributed by atoms with Crippen LogP contribution >= 0.6 is 0 Å². The highest BCUT2D eigenvalue weighted by atomic mass is 16.5. The van der Waals surface area contributed by atoms with Crippen molar-refractivity contribution in [3.63, 3.8) is 0 Å². The van der Waals surface area contributed by atoms with E-state index in [2.05, 4.69) is 0 Å². The Labute approximate surface area is 126 Å². The van der Waals surface area contributed by atoms with Crippen LogP contribution < -0.4 is 4.74 Å². The van der Waals surface area contributed by atoms with E-state index in [4.69, 9.17) is 9.47 Å². The normalized spacial score (nSPS) is 12.4. The smallest absolute Gasteiger partial charge is 0.119 e. The molecule has 0 aliphatic heterocycles. The SMILES string of the molecule is COCc1ccc(C(O)c2ccc(OC(C)C)cc2)cc1. The summed E-state index contributed by atoms with van der Waals surface area (Å²) in [4.78, 5) is 0. The Balaban J connectivity index is 2.09. The van der Waals surface area contributed by atoms with Crippen LogP contribution in [0.5, 0.6) is 5.75 Å². The van der Waals surface area contributed by atoms with Gasteiger partial charge in [-0.1, -0.05) is 36.4 Å². The largest absolute Gasteiger partial charge is 0.491 e. The fourth-order valence-electron chi connectivity index (χ4n) is 2.16. The average molecular weight is 286 g/mol. The van der Waals surface area contributed by atoms with Crippen LogP contribution in [0, 0.1) is 0 Å². The number of aliphatic hydroxyl groups is 1. The molecule has 0 saturated carbocycles. The summed E-state index contributed by atoms with van der Waals surface area (Å²) in [5.74, 6) is 0.816. The maximum Gasteiger partial charge on any atom is 0.119 e. The van der Waals surface area contributed by atoms with Crippen LogP contribution in [0.3, 0.4) is 0 Å². The summed E-state index contributed by atoms with van der Waals surface area (Å²) in [6, 6.07) is 15.4. The minimum atomic E-state index is -0.630. The van der Waals surface area contributed by atoms with Gasteiger partial charge in [-0.25, -0.2) is 0 Å². The first kappa shape index (κ1) is 15.5. The first-order chi connectivity index (χ1) is 10.1. The monoisotopic (exact) mass is 286 g/mol. The second kappa shape index (κ2) is 7.25. The predicted molar refractivity (Wildman–Crippen MR) is 83.4 cm³/mol. The van der Waals surface area contributed by atoms with Crippen molar-refractivity contribution in [3.8, 4) is 5.75 Å². The molecule has 0 amide bonds. The van der Waals surface area contributed by atoms with E-state index in [9.17, 15) is 5.11 Å². The number of rotatable bonds is 6. The molecule has 0 heterocycles. The molecule has 2 rings (SSSR count). The molecule has 1 atom stereocenters. The molecule has 112 valence electrons. The van der Waals surface area contributed by atoms with Gasteiger partial charge in [0.15, 0.2) is 0 Å². The third-order valence-corrected chi connectivity index (χ3v) is 3.17. The van der Waals surface area contributed by atoms with Crippen molar-refractivity contribution in [3.05, 3.63) is 65.2 Å². The number of hydrogen-bond acceptors (Lipinski definition) is 3. The molecule has 2 aromatic carbocycles. The highest BCUT2D eigenvalue weighted by molar-refractivity contribution is 5.35. The lowest BCUT2D eigenvalue weighted by molar-refractivity contribution is 0.184. The maximum absolute atomic E-state index is 10.4. The Bertz CT molecular complexity index is 544. The van der Waals surface area contributed by atoms with Crippen molar-refractivity contribution in [1.29, 1.82) is 0 Å². The number of hydrogen-bond donors (Lipinski definition) is 1. The maximum atomic E-state index is 10.4. The van der Waals surface area contributed by atoms with Crippen LogP contribution in [0.15, 0.2) is 48.5 Å². The minimum Gasteiger partial charge on any atom is -0.491 e. The van der Waals surface area contributed by atoms with E-state index in [-0.39, 0.29) is 6.10 Å². The highest BCUT2D eigenvalue weighted by Gasteiger charge is 2.10. The van der Waals surface area contributed by atoms with Gasteiger partial charge < -0.3 is 14.6 Å². The van der Waals surface area contributed by atoms with Gasteiger partial charge in [-0.15, -0.1) is 0 Å². The standard InChI is InChI=1S/C18H22O3/c1-13(2)21-17-10-8-16(9-11-17)18(19)15-6-4-14(5-7-15)12-20-3/h4-11,13,18-19H,12H2,1-3H3. The lowest BCUT2D eigenvalue weighted by Gasteiger charge is -2.14. The van der Waals surface area contributed by atoms with Gasteiger partial charge in [0.25, 0.3) is 0 Å². The van der Waals surface area contributed by atoms with Gasteiger partial charge in [0, 0.05) is 7.11 Å². The Morgan fingerprint density at radius 2 is 1.43 bits per heavy atom. The van der Waals surface area contributed by atoms with E-state index < -0.39 is 6.10 Å². The van der Waals surface area contributed by atoms with Gasteiger partial charge in [0.1, 0.15) is 11.9 Å². The molecule has 3 nitrogen and oxygen atoms in total. The summed E-state index contributed by atoms with van der Waals surface area (Å²) in [5.41, 5.74) is 2.81. The molecule has 1 N–H and O–H groups in total. The zero-order valence-electron chi connectivity index (χ0n) is 12.7. The second-order valence-corrected chi connectivity index (χ2v) is 5.31. The summed E-state index contributed by atoms with van der Waals surface area (Å²) in [6.45, 7) is 4.56. The first-order valence-corrected chi connectivity index (χ1v) is 7.12. The van der Waals surface area contributed by atoms with Gasteiger partial charge in [0.2, 0.25) is 0 Å². The van der Waals surface area contributed by atoms with Gasteiger partial charge in [-0.05, 0) is 42.7 Å². The second-order valence-electron chi connectivity index (χ2n) is 5.31. The van der Waals surface area contributed by atoms with Crippen LogP contribution in [0.25, 0.3) is 0 Å². The molecule has 21 heavy (non-hydrogen) atoms. The van der Waals surface area contributed by atoms with Crippen molar-refractivity contribution in [2.45, 2.75) is 32.7 Å². The molecular weight excluding hydrogens is 264 g/mol. The van der Waals surface area contributed by atoms with Crippen LogP contribution in [0.2, 0.25) is 0 Å². The number of ether oxygens (including phenoxy) is 2. The first-order valence-electron chi connectivity index (χ1n) is 7.12. The van der Waals surface area contributed by atoms with E-state index >= 15 is 0 Å². The molecule has 2 aromatic rings. The quantitative estimate of drug-likeness (QED) is 0.880. The fraction of sp³-hybridized carbons (Fsp3) is 0.333. The summed E-state index contributed by atoms with van der Waals surface area (Å²) >= 11 is 0. The Kier molecular flexibility index (Phi) is 5.37. The van der Waals surface area contributed by atoms with Gasteiger partial charge in [-0.2, -0.15) is 0 Å². The van der Waals surface area contributed by atoms with Crippen molar-refractivity contribution in [1.82, 2.24) is 0 Å². The lowest BCUT2D eigenvalue weighted by atomic mass is 10.0. The lowest BCUT2D eigenvalue weighted by Crippen LogP contribution is -2.06. The molecule has 0 aliphatic rings. The summed E-state index contributed by atoms with van der Waals surface area (Å²) < 4.78 is 10.7. The zero-order valence-corrected chi connectivity index (χ0v) is 12.7. The topological polar surface area (TPSA) is 38.7 Å². The molecular formula is C18H22O3. The van der Waals surface area contributed by atoms with Crippen molar-refractivity contribution >= 4 is 0 Å². The van der Waals surface area contributed by atoms with E-state index in [0.29, 0.717) is 6.61 Å². The van der Waals surface area contributed by atoms with Gasteiger partial charge in [-0.3, -0.25) is 0 Å². The Morgan fingerprint density at radius 1 is 0.905 bits per heavy atom. The molecule has 0 saturated heterocycles. The van der Waals surface area contributed by atoms with Crippen LogP contribution in [-0.2, 0) is 11.3 Å². The minimum absolute atomic E-state index is 0.147. The van der Waals surface area contributed by atoms with Crippen molar-refractivity contribution in [2.75, 3.05) is 7.11 Å². The summed E-state index contributed by atoms with van der Waals surface area (Å²) in [5, 5.41) is 10.4. The Hall–Kier alpha value is -1.84. The Morgan fingerprint density at radius 3 is 1.90 bits per heavy atom. The number of aliphatic hydroxyl groups excluding tert-OH is 1. The van der Waals surface area contributed by atoms with Crippen LogP contribution in [0.4, 0.5) is 0 Å². The molecule has 0 radical (unpaired) electrons. The molecule has 3 heteroatoms. The van der Waals surface area contributed by atoms with E-state index in [0.717, 1.165) is 22.4 Å². The van der Waals surface area contributed by atoms with Gasteiger partial charge in [0.05, 0.1) is 12.7 Å². The molecule has 0 bridgehead atoms. The third-order valence-electron chi connectivity index (χ3n) is 3.17. The fourth-order valence-corrected chi connectivity index (χ4v) is 2.16. The predicted octanol–water partition coefficient (Wildman–Crippen LogP) is 3.70. The van der Waals surface area contributed by atoms with Gasteiger partial charge >= 0.3 is 0 Å².